The Morgan fingerprint density at radius 2 is 2.56 bits per heavy atom. The van der Waals surface area contributed by atoms with Crippen molar-refractivity contribution in [3.8, 4) is 0 Å². The van der Waals surface area contributed by atoms with Crippen molar-refractivity contribution in [2.45, 2.75) is 12.8 Å². The normalized spacial score (nSPS) is 26.3. The lowest BCUT2D eigenvalue weighted by molar-refractivity contribution is -0.119. The lowest BCUT2D eigenvalue weighted by Gasteiger charge is -2.01. The van der Waals surface area contributed by atoms with Crippen LogP contribution >= 0.6 is 0 Å². The molecule has 0 aromatic heterocycles. The van der Waals surface area contributed by atoms with Gasteiger partial charge >= 0.3 is 0 Å². The van der Waals surface area contributed by atoms with Gasteiger partial charge < -0.3 is 11.1 Å². The second-order valence-electron chi connectivity index (χ2n) is 2.45. The van der Waals surface area contributed by atoms with Gasteiger partial charge in [-0.05, 0) is 18.9 Å². The second kappa shape index (κ2) is 2.82. The van der Waals surface area contributed by atoms with E-state index in [0.717, 1.165) is 13.0 Å². The van der Waals surface area contributed by atoms with Crippen molar-refractivity contribution in [2.75, 3.05) is 13.1 Å². The van der Waals surface area contributed by atoms with Crippen molar-refractivity contribution in [3.05, 3.63) is 0 Å². The summed E-state index contributed by atoms with van der Waals surface area (Å²) in [7, 11) is 0. The van der Waals surface area contributed by atoms with Crippen molar-refractivity contribution in [1.82, 2.24) is 5.32 Å². The van der Waals surface area contributed by atoms with Gasteiger partial charge in [0.15, 0.2) is 0 Å². The predicted octanol–water partition coefficient (Wildman–Crippen LogP) is -0.529. The third-order valence-electron chi connectivity index (χ3n) is 1.64. The molecule has 0 aromatic rings. The van der Waals surface area contributed by atoms with E-state index in [-0.39, 0.29) is 5.91 Å². The quantitative estimate of drug-likeness (QED) is 0.525. The smallest absolute Gasteiger partial charge is 0.220 e. The molecule has 0 aliphatic carbocycles. The van der Waals surface area contributed by atoms with Crippen LogP contribution in [0.15, 0.2) is 0 Å². The first-order chi connectivity index (χ1) is 4.33. The summed E-state index contributed by atoms with van der Waals surface area (Å²) in [5.74, 6) is 0.677. The summed E-state index contributed by atoms with van der Waals surface area (Å²) in [4.78, 5) is 10.6. The molecule has 1 heterocycles. The van der Waals surface area contributed by atoms with E-state index in [1.54, 1.807) is 0 Å². The third kappa shape index (κ3) is 1.68. The largest absolute Gasteiger partial charge is 0.356 e. The number of nitrogens with two attached hydrogens (primary N) is 1. The lowest BCUT2D eigenvalue weighted by Crippen LogP contribution is -2.14. The van der Waals surface area contributed by atoms with Gasteiger partial charge in [-0.3, -0.25) is 4.79 Å². The maximum atomic E-state index is 10.6. The first-order valence-electron chi connectivity index (χ1n) is 3.29. The van der Waals surface area contributed by atoms with Crippen LogP contribution in [0.5, 0.6) is 0 Å². The molecule has 1 fully saturated rings. The Bertz CT molecular complexity index is 114. The summed E-state index contributed by atoms with van der Waals surface area (Å²) in [6.45, 7) is 1.52. The van der Waals surface area contributed by atoms with E-state index in [2.05, 4.69) is 5.32 Å². The maximum Gasteiger partial charge on any atom is 0.220 e. The Morgan fingerprint density at radius 1 is 1.78 bits per heavy atom. The third-order valence-corrected chi connectivity index (χ3v) is 1.64. The number of amides is 1. The molecule has 0 radical (unpaired) electrons. The fourth-order valence-electron chi connectivity index (χ4n) is 1.10. The second-order valence-corrected chi connectivity index (χ2v) is 2.45. The number of rotatable bonds is 2. The molecule has 0 aromatic carbocycles. The van der Waals surface area contributed by atoms with Crippen LogP contribution in [0.4, 0.5) is 0 Å². The van der Waals surface area contributed by atoms with Crippen molar-refractivity contribution in [3.63, 3.8) is 0 Å². The number of carbonyl (C=O) groups is 1. The fourth-order valence-corrected chi connectivity index (χ4v) is 1.10. The van der Waals surface area contributed by atoms with Gasteiger partial charge in [0.2, 0.25) is 5.91 Å². The van der Waals surface area contributed by atoms with E-state index in [1.807, 2.05) is 0 Å². The summed E-state index contributed by atoms with van der Waals surface area (Å²) in [5.41, 5.74) is 5.31. The fraction of sp³-hybridized carbons (Fsp3) is 0.833. The van der Waals surface area contributed by atoms with Crippen LogP contribution in [-0.4, -0.2) is 19.0 Å². The molecule has 3 heteroatoms. The SMILES string of the molecule is NCCC1CNC(=O)C1. The van der Waals surface area contributed by atoms with Crippen LogP contribution < -0.4 is 11.1 Å². The van der Waals surface area contributed by atoms with E-state index in [4.69, 9.17) is 5.73 Å². The van der Waals surface area contributed by atoms with Crippen LogP contribution in [0.2, 0.25) is 0 Å². The summed E-state index contributed by atoms with van der Waals surface area (Å²) in [6, 6.07) is 0. The topological polar surface area (TPSA) is 55.1 Å². The van der Waals surface area contributed by atoms with E-state index < -0.39 is 0 Å². The molecule has 9 heavy (non-hydrogen) atoms. The molecule has 1 rings (SSSR count). The van der Waals surface area contributed by atoms with Gasteiger partial charge in [-0.25, -0.2) is 0 Å². The highest BCUT2D eigenvalue weighted by molar-refractivity contribution is 5.78. The van der Waals surface area contributed by atoms with Gasteiger partial charge in [0.1, 0.15) is 0 Å². The molecule has 0 spiro atoms. The van der Waals surface area contributed by atoms with E-state index in [1.165, 1.54) is 0 Å². The molecule has 3 N–H and O–H groups in total. The molecular formula is C6H12N2O. The van der Waals surface area contributed by atoms with Crippen molar-refractivity contribution >= 4 is 5.91 Å². The molecule has 52 valence electrons. The molecule has 1 unspecified atom stereocenters. The van der Waals surface area contributed by atoms with Crippen LogP contribution in [0.25, 0.3) is 0 Å². The Morgan fingerprint density at radius 3 is 3.00 bits per heavy atom. The number of hydrogen-bond acceptors (Lipinski definition) is 2. The Kier molecular flexibility index (Phi) is 2.05. The van der Waals surface area contributed by atoms with E-state index >= 15 is 0 Å². The monoisotopic (exact) mass is 128 g/mol. The van der Waals surface area contributed by atoms with Crippen molar-refractivity contribution < 1.29 is 4.79 Å². The maximum absolute atomic E-state index is 10.6. The van der Waals surface area contributed by atoms with Crippen LogP contribution in [0.3, 0.4) is 0 Å². The molecule has 1 aliphatic rings. The minimum Gasteiger partial charge on any atom is -0.356 e. The van der Waals surface area contributed by atoms with Gasteiger partial charge in [-0.1, -0.05) is 0 Å². The summed E-state index contributed by atoms with van der Waals surface area (Å²) < 4.78 is 0. The van der Waals surface area contributed by atoms with Crippen LogP contribution in [0.1, 0.15) is 12.8 Å². The minimum atomic E-state index is 0.174. The zero-order valence-corrected chi connectivity index (χ0v) is 5.39. The molecule has 1 atom stereocenters. The molecule has 0 bridgehead atoms. The van der Waals surface area contributed by atoms with Crippen LogP contribution in [-0.2, 0) is 4.79 Å². The highest BCUT2D eigenvalue weighted by Crippen LogP contribution is 2.11. The lowest BCUT2D eigenvalue weighted by atomic mass is 10.1. The first kappa shape index (κ1) is 6.55. The molecule has 1 amide bonds. The standard InChI is InChI=1S/C6H12N2O/c7-2-1-5-3-6(9)8-4-5/h5H,1-4,7H2,(H,8,9). The van der Waals surface area contributed by atoms with Gasteiger partial charge in [0.05, 0.1) is 0 Å². The van der Waals surface area contributed by atoms with Gasteiger partial charge in [0.25, 0.3) is 0 Å². The zero-order valence-electron chi connectivity index (χ0n) is 5.39. The Hall–Kier alpha value is -0.570. The van der Waals surface area contributed by atoms with Crippen LogP contribution in [0, 0.1) is 5.92 Å². The average molecular weight is 128 g/mol. The summed E-state index contributed by atoms with van der Waals surface area (Å²) in [5, 5.41) is 2.76. The molecule has 3 nitrogen and oxygen atoms in total. The summed E-state index contributed by atoms with van der Waals surface area (Å²) >= 11 is 0. The average Bonchev–Trinajstić information content (AvgIpc) is 2.17. The molecule has 1 aliphatic heterocycles. The number of carbonyl (C=O) groups excluding carboxylic acids is 1. The molecule has 1 saturated heterocycles. The highest BCUT2D eigenvalue weighted by atomic mass is 16.1. The number of nitrogens with one attached hydrogen (secondary N) is 1. The molecular weight excluding hydrogens is 116 g/mol. The molecule has 0 saturated carbocycles. The predicted molar refractivity (Wildman–Crippen MR) is 34.8 cm³/mol. The van der Waals surface area contributed by atoms with E-state index in [9.17, 15) is 4.79 Å². The van der Waals surface area contributed by atoms with E-state index in [0.29, 0.717) is 18.9 Å². The van der Waals surface area contributed by atoms with Crippen molar-refractivity contribution in [2.24, 2.45) is 11.7 Å². The van der Waals surface area contributed by atoms with Gasteiger partial charge in [-0.15, -0.1) is 0 Å². The Balaban J connectivity index is 2.22. The highest BCUT2D eigenvalue weighted by Gasteiger charge is 2.19. The first-order valence-corrected chi connectivity index (χ1v) is 3.29. The van der Waals surface area contributed by atoms with Gasteiger partial charge in [0, 0.05) is 13.0 Å². The minimum absolute atomic E-state index is 0.174. The Labute approximate surface area is 54.6 Å². The van der Waals surface area contributed by atoms with Gasteiger partial charge in [-0.2, -0.15) is 0 Å². The zero-order chi connectivity index (χ0) is 6.69. The van der Waals surface area contributed by atoms with Crippen molar-refractivity contribution in [1.29, 1.82) is 0 Å². The summed E-state index contributed by atoms with van der Waals surface area (Å²) in [6.07, 6.45) is 1.65. The number of hydrogen-bond donors (Lipinski definition) is 2.